The molecule has 0 spiro atoms. The van der Waals surface area contributed by atoms with Crippen LogP contribution in [0.3, 0.4) is 0 Å². The van der Waals surface area contributed by atoms with Gasteiger partial charge in [-0.05, 0) is 44.9 Å². The molecule has 0 heterocycles. The lowest BCUT2D eigenvalue weighted by Crippen LogP contribution is -2.30. The van der Waals surface area contributed by atoms with Crippen molar-refractivity contribution in [2.24, 2.45) is 0 Å². The number of esters is 3. The van der Waals surface area contributed by atoms with Crippen LogP contribution in [0, 0.1) is 0 Å². The second-order valence-electron chi connectivity index (χ2n) is 15.7. The largest absolute Gasteiger partial charge is 0.462 e. The Morgan fingerprint density at radius 3 is 0.943 bits per heavy atom. The highest BCUT2D eigenvalue weighted by atomic mass is 16.6. The van der Waals surface area contributed by atoms with Crippen LogP contribution in [0.15, 0.2) is 12.2 Å². The fourth-order valence-corrected chi connectivity index (χ4v) is 6.73. The van der Waals surface area contributed by atoms with Crippen molar-refractivity contribution in [3.8, 4) is 0 Å². The van der Waals surface area contributed by atoms with E-state index in [1.807, 2.05) is 0 Å². The average Bonchev–Trinajstić information content (AvgIpc) is 3.15. The van der Waals surface area contributed by atoms with E-state index in [1.165, 1.54) is 148 Å². The minimum atomic E-state index is -0.764. The van der Waals surface area contributed by atoms with Gasteiger partial charge in [-0.2, -0.15) is 0 Å². The summed E-state index contributed by atoms with van der Waals surface area (Å²) in [5.74, 6) is -0.871. The van der Waals surface area contributed by atoms with Gasteiger partial charge in [0, 0.05) is 19.3 Å². The van der Waals surface area contributed by atoms with Crippen molar-refractivity contribution in [1.29, 1.82) is 0 Å². The lowest BCUT2D eigenvalue weighted by atomic mass is 10.1. The maximum atomic E-state index is 12.7. The van der Waals surface area contributed by atoms with E-state index in [4.69, 9.17) is 14.2 Å². The molecule has 312 valence electrons. The number of carbonyl (C=O) groups excluding carboxylic acids is 3. The van der Waals surface area contributed by atoms with E-state index in [2.05, 4.69) is 32.9 Å². The third kappa shape index (κ3) is 41.2. The summed E-state index contributed by atoms with van der Waals surface area (Å²) in [5, 5.41) is 0. The van der Waals surface area contributed by atoms with Gasteiger partial charge < -0.3 is 14.2 Å². The summed E-state index contributed by atoms with van der Waals surface area (Å²) in [7, 11) is 0. The zero-order valence-corrected chi connectivity index (χ0v) is 35.6. The highest BCUT2D eigenvalue weighted by Gasteiger charge is 2.19. The van der Waals surface area contributed by atoms with Gasteiger partial charge in [-0.15, -0.1) is 0 Å². The van der Waals surface area contributed by atoms with Crippen LogP contribution >= 0.6 is 0 Å². The summed E-state index contributed by atoms with van der Waals surface area (Å²) in [6.07, 6.45) is 44.7. The average molecular weight is 749 g/mol. The standard InChI is InChI=1S/C47H88O6/c1-4-7-10-13-16-19-22-23-24-26-28-31-34-37-40-46(49)52-43-44(42-51-45(48)39-36-33-30-27-21-18-15-12-9-6-3)53-47(50)41-38-35-32-29-25-20-17-14-11-8-5-2/h22-23,44H,4-21,24-43H2,1-3H3/b23-22-. The van der Waals surface area contributed by atoms with E-state index < -0.39 is 6.10 Å². The lowest BCUT2D eigenvalue weighted by molar-refractivity contribution is -0.167. The van der Waals surface area contributed by atoms with Crippen molar-refractivity contribution in [3.05, 3.63) is 12.2 Å². The van der Waals surface area contributed by atoms with Crippen LogP contribution in [0.4, 0.5) is 0 Å². The van der Waals surface area contributed by atoms with Gasteiger partial charge in [0.15, 0.2) is 6.10 Å². The molecular weight excluding hydrogens is 661 g/mol. The highest BCUT2D eigenvalue weighted by Crippen LogP contribution is 2.15. The molecule has 6 nitrogen and oxygen atoms in total. The van der Waals surface area contributed by atoms with Crippen LogP contribution in [-0.4, -0.2) is 37.2 Å². The van der Waals surface area contributed by atoms with Gasteiger partial charge in [-0.25, -0.2) is 0 Å². The molecule has 0 saturated heterocycles. The molecule has 53 heavy (non-hydrogen) atoms. The van der Waals surface area contributed by atoms with Crippen molar-refractivity contribution in [2.75, 3.05) is 13.2 Å². The maximum absolute atomic E-state index is 12.7. The van der Waals surface area contributed by atoms with Crippen molar-refractivity contribution in [3.63, 3.8) is 0 Å². The predicted octanol–water partition coefficient (Wildman–Crippen LogP) is 14.6. The summed E-state index contributed by atoms with van der Waals surface area (Å²) >= 11 is 0. The monoisotopic (exact) mass is 749 g/mol. The molecule has 0 fully saturated rings. The molecule has 0 aromatic carbocycles. The molecule has 6 heteroatoms. The van der Waals surface area contributed by atoms with Crippen molar-refractivity contribution >= 4 is 17.9 Å². The van der Waals surface area contributed by atoms with Crippen LogP contribution < -0.4 is 0 Å². The van der Waals surface area contributed by atoms with E-state index in [0.29, 0.717) is 19.3 Å². The van der Waals surface area contributed by atoms with Crippen molar-refractivity contribution in [2.45, 2.75) is 258 Å². The Labute approximate surface area is 329 Å². The Morgan fingerprint density at radius 2 is 0.623 bits per heavy atom. The summed E-state index contributed by atoms with van der Waals surface area (Å²) in [5.41, 5.74) is 0. The molecule has 0 saturated carbocycles. The molecule has 1 unspecified atom stereocenters. The SMILES string of the molecule is CCCCCCC/C=C\CCCCCCCC(=O)OCC(COC(=O)CCCCCCCCCCCC)OC(=O)CCCCCCCCCCCCC. The number of hydrogen-bond donors (Lipinski definition) is 0. The Bertz CT molecular complexity index is 824. The number of rotatable bonds is 42. The summed E-state index contributed by atoms with van der Waals surface area (Å²) < 4.78 is 16.7. The first kappa shape index (κ1) is 51.1. The summed E-state index contributed by atoms with van der Waals surface area (Å²) in [6.45, 7) is 6.61. The fraction of sp³-hybridized carbons (Fsp3) is 0.894. The zero-order chi connectivity index (χ0) is 38.7. The highest BCUT2D eigenvalue weighted by molar-refractivity contribution is 5.71. The lowest BCUT2D eigenvalue weighted by Gasteiger charge is -2.18. The summed E-state index contributed by atoms with van der Waals surface area (Å²) in [6, 6.07) is 0. The minimum absolute atomic E-state index is 0.0683. The van der Waals surface area contributed by atoms with Gasteiger partial charge in [0.1, 0.15) is 13.2 Å². The van der Waals surface area contributed by atoms with E-state index >= 15 is 0 Å². The molecule has 0 aromatic heterocycles. The Kier molecular flexibility index (Phi) is 41.4. The second-order valence-corrected chi connectivity index (χ2v) is 15.7. The molecule has 1 atom stereocenters. The molecule has 0 aliphatic carbocycles. The van der Waals surface area contributed by atoms with Gasteiger partial charge >= 0.3 is 17.9 Å². The van der Waals surface area contributed by atoms with E-state index in [0.717, 1.165) is 64.2 Å². The topological polar surface area (TPSA) is 78.9 Å². The van der Waals surface area contributed by atoms with Gasteiger partial charge in [0.2, 0.25) is 0 Å². The second kappa shape index (κ2) is 42.9. The Hall–Kier alpha value is -1.85. The van der Waals surface area contributed by atoms with Crippen molar-refractivity contribution in [1.82, 2.24) is 0 Å². The minimum Gasteiger partial charge on any atom is -0.462 e. The van der Waals surface area contributed by atoms with Gasteiger partial charge in [-0.3, -0.25) is 14.4 Å². The van der Waals surface area contributed by atoms with E-state index in [1.54, 1.807) is 0 Å². The molecule has 0 bridgehead atoms. The van der Waals surface area contributed by atoms with Crippen LogP contribution in [0.2, 0.25) is 0 Å². The zero-order valence-electron chi connectivity index (χ0n) is 35.6. The molecule has 0 radical (unpaired) electrons. The number of carbonyl (C=O) groups is 3. The van der Waals surface area contributed by atoms with Crippen LogP contribution in [0.1, 0.15) is 252 Å². The van der Waals surface area contributed by atoms with Crippen LogP contribution in [0.25, 0.3) is 0 Å². The molecule has 0 N–H and O–H groups in total. The molecule has 0 aromatic rings. The van der Waals surface area contributed by atoms with Gasteiger partial charge in [0.05, 0.1) is 0 Å². The van der Waals surface area contributed by atoms with E-state index in [9.17, 15) is 14.4 Å². The third-order valence-electron chi connectivity index (χ3n) is 10.3. The Balaban J connectivity index is 4.33. The van der Waals surface area contributed by atoms with Crippen molar-refractivity contribution < 1.29 is 28.6 Å². The predicted molar refractivity (Wildman–Crippen MR) is 224 cm³/mol. The van der Waals surface area contributed by atoms with E-state index in [-0.39, 0.29) is 31.1 Å². The maximum Gasteiger partial charge on any atom is 0.306 e. The molecule has 0 aliphatic rings. The Morgan fingerprint density at radius 1 is 0.358 bits per heavy atom. The summed E-state index contributed by atoms with van der Waals surface area (Å²) in [4.78, 5) is 37.7. The van der Waals surface area contributed by atoms with Crippen LogP contribution in [-0.2, 0) is 28.6 Å². The first-order chi connectivity index (χ1) is 26.0. The number of ether oxygens (including phenoxy) is 3. The normalized spacial score (nSPS) is 12.0. The molecule has 0 aliphatic heterocycles. The molecule has 0 amide bonds. The molecular formula is C47H88O6. The number of unbranched alkanes of at least 4 members (excludes halogenated alkanes) is 29. The third-order valence-corrected chi connectivity index (χ3v) is 10.3. The van der Waals surface area contributed by atoms with Gasteiger partial charge in [-0.1, -0.05) is 200 Å². The first-order valence-corrected chi connectivity index (χ1v) is 23.2. The van der Waals surface area contributed by atoms with Crippen LogP contribution in [0.5, 0.6) is 0 Å². The fourth-order valence-electron chi connectivity index (χ4n) is 6.73. The molecule has 0 rings (SSSR count). The first-order valence-electron chi connectivity index (χ1n) is 23.2. The quantitative estimate of drug-likeness (QED) is 0.0268. The van der Waals surface area contributed by atoms with Gasteiger partial charge in [0.25, 0.3) is 0 Å². The number of hydrogen-bond acceptors (Lipinski definition) is 6. The smallest absolute Gasteiger partial charge is 0.306 e. The number of allylic oxidation sites excluding steroid dienone is 2.